The summed E-state index contributed by atoms with van der Waals surface area (Å²) < 4.78 is 29.3. The van der Waals surface area contributed by atoms with E-state index in [1.165, 1.54) is 18.2 Å². The Morgan fingerprint density at radius 3 is 2.57 bits per heavy atom. The Morgan fingerprint density at radius 1 is 1.14 bits per heavy atom. The van der Waals surface area contributed by atoms with Gasteiger partial charge in [-0.2, -0.15) is 0 Å². The highest BCUT2D eigenvalue weighted by molar-refractivity contribution is 14.1. The number of halogens is 5. The predicted octanol–water partition coefficient (Wildman–Crippen LogP) is 5.30. The first kappa shape index (κ1) is 15.0. The van der Waals surface area contributed by atoms with Gasteiger partial charge in [0.2, 0.25) is 0 Å². The molecule has 0 radical (unpaired) electrons. The van der Waals surface area contributed by atoms with Crippen LogP contribution in [0, 0.1) is 15.2 Å². The van der Waals surface area contributed by atoms with Gasteiger partial charge in [-0.3, -0.25) is 4.57 Å². The molecule has 2 nitrogen and oxygen atoms in total. The Kier molecular flexibility index (Phi) is 4.07. The largest absolute Gasteiger partial charge is 0.295 e. The molecule has 0 spiro atoms. The molecule has 1 aromatic heterocycles. The van der Waals surface area contributed by atoms with Crippen molar-refractivity contribution in [1.82, 2.24) is 9.55 Å². The summed E-state index contributed by atoms with van der Waals surface area (Å²) in [6, 6.07) is 7.29. The van der Waals surface area contributed by atoms with Crippen LogP contribution >= 0.6 is 45.8 Å². The van der Waals surface area contributed by atoms with Gasteiger partial charge in [0, 0.05) is 11.8 Å². The maximum absolute atomic E-state index is 13.8. The molecule has 7 heteroatoms. The van der Waals surface area contributed by atoms with Crippen LogP contribution in [0.2, 0.25) is 5.02 Å². The number of benzene rings is 2. The van der Waals surface area contributed by atoms with E-state index in [4.69, 9.17) is 23.2 Å². The summed E-state index contributed by atoms with van der Waals surface area (Å²) >= 11 is 13.6. The van der Waals surface area contributed by atoms with Crippen molar-refractivity contribution in [2.75, 3.05) is 0 Å². The SMILES string of the molecule is Fc1ccc(-n2c(CCl)nc3cc(I)c(F)cc32)cc1Cl. The molecule has 0 amide bonds. The van der Waals surface area contributed by atoms with Crippen LogP contribution in [-0.4, -0.2) is 9.55 Å². The van der Waals surface area contributed by atoms with Crippen molar-refractivity contribution in [2.24, 2.45) is 0 Å². The molecule has 0 aliphatic heterocycles. The van der Waals surface area contributed by atoms with Crippen molar-refractivity contribution in [3.8, 4) is 5.69 Å². The lowest BCUT2D eigenvalue weighted by molar-refractivity contribution is 0.621. The highest BCUT2D eigenvalue weighted by Crippen LogP contribution is 2.28. The third kappa shape index (κ3) is 2.62. The van der Waals surface area contributed by atoms with Gasteiger partial charge in [-0.15, -0.1) is 11.6 Å². The molecule has 1 heterocycles. The second-order valence-corrected chi connectivity index (χ2v) is 6.19. The maximum atomic E-state index is 13.8. The van der Waals surface area contributed by atoms with E-state index >= 15 is 0 Å². The van der Waals surface area contributed by atoms with E-state index in [0.29, 0.717) is 26.1 Å². The zero-order valence-corrected chi connectivity index (χ0v) is 14.0. The van der Waals surface area contributed by atoms with E-state index in [2.05, 4.69) is 4.98 Å². The standard InChI is InChI=1S/C14H7Cl2F2IN2/c15-6-14-20-12-5-11(19)10(18)4-13(12)21(14)7-1-2-9(17)8(16)3-7/h1-5H,6H2. The van der Waals surface area contributed by atoms with E-state index in [-0.39, 0.29) is 16.7 Å². The fourth-order valence-corrected chi connectivity index (χ4v) is 2.93. The number of fused-ring (bicyclic) bond motifs is 1. The third-order valence-corrected chi connectivity index (χ3v) is 4.40. The Hall–Kier alpha value is -0.920. The molecule has 108 valence electrons. The summed E-state index contributed by atoms with van der Waals surface area (Å²) in [5.74, 6) is -0.186. The van der Waals surface area contributed by atoms with E-state index in [1.807, 2.05) is 22.6 Å². The molecule has 0 fully saturated rings. The van der Waals surface area contributed by atoms with E-state index < -0.39 is 5.82 Å². The molecule has 21 heavy (non-hydrogen) atoms. The van der Waals surface area contributed by atoms with Crippen molar-refractivity contribution in [2.45, 2.75) is 5.88 Å². The van der Waals surface area contributed by atoms with Crippen molar-refractivity contribution in [3.05, 3.63) is 56.4 Å². The van der Waals surface area contributed by atoms with Gasteiger partial charge in [-0.25, -0.2) is 13.8 Å². The summed E-state index contributed by atoms with van der Waals surface area (Å²) in [6.07, 6.45) is 0. The molecule has 0 saturated carbocycles. The fraction of sp³-hybridized carbons (Fsp3) is 0.0714. The summed E-state index contributed by atoms with van der Waals surface area (Å²) in [5.41, 5.74) is 1.77. The summed E-state index contributed by atoms with van der Waals surface area (Å²) in [5, 5.41) is -0.0131. The van der Waals surface area contributed by atoms with Crippen LogP contribution in [0.1, 0.15) is 5.82 Å². The van der Waals surface area contributed by atoms with Gasteiger partial charge >= 0.3 is 0 Å². The van der Waals surface area contributed by atoms with Gasteiger partial charge in [0.05, 0.1) is 25.5 Å². The minimum absolute atomic E-state index is 0.0131. The quantitative estimate of drug-likeness (QED) is 0.392. The average Bonchev–Trinajstić information content (AvgIpc) is 2.80. The molecule has 0 aliphatic carbocycles. The van der Waals surface area contributed by atoms with Crippen LogP contribution in [0.15, 0.2) is 30.3 Å². The number of nitrogens with zero attached hydrogens (tertiary/aromatic N) is 2. The average molecular weight is 439 g/mol. The minimum atomic E-state index is -0.516. The molecule has 2 aromatic carbocycles. The van der Waals surface area contributed by atoms with Crippen molar-refractivity contribution >= 4 is 56.8 Å². The van der Waals surface area contributed by atoms with Gasteiger partial charge in [-0.05, 0) is 46.9 Å². The van der Waals surface area contributed by atoms with Gasteiger partial charge in [0.15, 0.2) is 0 Å². The first-order chi connectivity index (χ1) is 10.0. The molecule has 0 N–H and O–H groups in total. The smallest absolute Gasteiger partial charge is 0.141 e. The summed E-state index contributed by atoms with van der Waals surface area (Å²) in [4.78, 5) is 4.38. The summed E-state index contributed by atoms with van der Waals surface area (Å²) in [6.45, 7) is 0. The van der Waals surface area contributed by atoms with Crippen LogP contribution in [0.25, 0.3) is 16.7 Å². The highest BCUT2D eigenvalue weighted by Gasteiger charge is 2.15. The van der Waals surface area contributed by atoms with E-state index in [1.54, 1.807) is 16.7 Å². The molecular formula is C14H7Cl2F2IN2. The number of hydrogen-bond donors (Lipinski definition) is 0. The minimum Gasteiger partial charge on any atom is -0.295 e. The lowest BCUT2D eigenvalue weighted by Gasteiger charge is -2.09. The number of hydrogen-bond acceptors (Lipinski definition) is 1. The van der Waals surface area contributed by atoms with Gasteiger partial charge in [-0.1, -0.05) is 11.6 Å². The number of imidazole rings is 1. The Bertz CT molecular complexity index is 849. The first-order valence-electron chi connectivity index (χ1n) is 5.89. The van der Waals surface area contributed by atoms with Crippen LogP contribution in [-0.2, 0) is 5.88 Å². The molecule has 0 unspecified atom stereocenters. The Balaban J connectivity index is 2.34. The number of rotatable bonds is 2. The van der Waals surface area contributed by atoms with Gasteiger partial charge in [0.25, 0.3) is 0 Å². The highest BCUT2D eigenvalue weighted by atomic mass is 127. The zero-order valence-electron chi connectivity index (χ0n) is 10.4. The fourth-order valence-electron chi connectivity index (χ4n) is 2.12. The monoisotopic (exact) mass is 438 g/mol. The number of aromatic nitrogens is 2. The molecule has 0 aliphatic rings. The van der Waals surface area contributed by atoms with Crippen LogP contribution in [0.5, 0.6) is 0 Å². The predicted molar refractivity (Wildman–Crippen MR) is 88.3 cm³/mol. The van der Waals surface area contributed by atoms with Gasteiger partial charge in [0.1, 0.15) is 17.5 Å². The molecule has 0 bridgehead atoms. The van der Waals surface area contributed by atoms with Crippen molar-refractivity contribution in [1.29, 1.82) is 0 Å². The van der Waals surface area contributed by atoms with Crippen LogP contribution < -0.4 is 0 Å². The van der Waals surface area contributed by atoms with Crippen LogP contribution in [0.3, 0.4) is 0 Å². The normalized spacial score (nSPS) is 11.3. The zero-order chi connectivity index (χ0) is 15.1. The van der Waals surface area contributed by atoms with E-state index in [9.17, 15) is 8.78 Å². The molecule has 3 rings (SSSR count). The van der Waals surface area contributed by atoms with Crippen LogP contribution in [0.4, 0.5) is 8.78 Å². The second-order valence-electron chi connectivity index (χ2n) is 4.35. The van der Waals surface area contributed by atoms with E-state index in [0.717, 1.165) is 0 Å². The molecular weight excluding hydrogens is 432 g/mol. The topological polar surface area (TPSA) is 17.8 Å². The maximum Gasteiger partial charge on any atom is 0.141 e. The molecule has 0 saturated heterocycles. The Morgan fingerprint density at radius 2 is 1.90 bits per heavy atom. The van der Waals surface area contributed by atoms with Gasteiger partial charge < -0.3 is 0 Å². The molecule has 3 aromatic rings. The third-order valence-electron chi connectivity index (χ3n) is 3.05. The summed E-state index contributed by atoms with van der Waals surface area (Å²) in [7, 11) is 0. The first-order valence-corrected chi connectivity index (χ1v) is 7.88. The lowest BCUT2D eigenvalue weighted by atomic mass is 10.2. The molecule has 0 atom stereocenters. The van der Waals surface area contributed by atoms with Crippen molar-refractivity contribution < 1.29 is 8.78 Å². The van der Waals surface area contributed by atoms with Crippen molar-refractivity contribution in [3.63, 3.8) is 0 Å². The number of alkyl halides is 1. The Labute approximate surface area is 142 Å². The second kappa shape index (κ2) is 5.70. The lowest BCUT2D eigenvalue weighted by Crippen LogP contribution is -2.00.